The number of carbonyl (C=O) groups is 1. The quantitative estimate of drug-likeness (QED) is 0.885. The molecule has 2 aromatic rings. The second-order valence-electron chi connectivity index (χ2n) is 3.88. The minimum absolute atomic E-state index is 0.0662. The Kier molecular flexibility index (Phi) is 3.62. The van der Waals surface area contributed by atoms with E-state index in [4.69, 9.17) is 5.11 Å². The fourth-order valence-electron chi connectivity index (χ4n) is 1.61. The van der Waals surface area contributed by atoms with Gasteiger partial charge in [-0.3, -0.25) is 0 Å². The number of carboxylic acid groups (broad SMARTS) is 1. The zero-order valence-electron chi connectivity index (χ0n) is 9.68. The van der Waals surface area contributed by atoms with E-state index in [0.29, 0.717) is 0 Å². The standard InChI is InChI=1S/C13H12FNO2S/c1-8(12-3-2-6-18-12)15-11-7-9(13(16)17)4-5-10(11)14/h2-8,15H,1H3,(H,16,17). The van der Waals surface area contributed by atoms with E-state index in [2.05, 4.69) is 5.32 Å². The maximum Gasteiger partial charge on any atom is 0.335 e. The summed E-state index contributed by atoms with van der Waals surface area (Å²) in [6, 6.07) is 7.51. The van der Waals surface area contributed by atoms with Gasteiger partial charge in [0.15, 0.2) is 0 Å². The maximum atomic E-state index is 13.6. The summed E-state index contributed by atoms with van der Waals surface area (Å²) >= 11 is 1.57. The average Bonchev–Trinajstić information content (AvgIpc) is 2.85. The molecule has 5 heteroatoms. The molecule has 0 aliphatic carbocycles. The van der Waals surface area contributed by atoms with Crippen LogP contribution in [0.3, 0.4) is 0 Å². The molecule has 1 heterocycles. The van der Waals surface area contributed by atoms with Crippen molar-refractivity contribution in [3.63, 3.8) is 0 Å². The van der Waals surface area contributed by atoms with E-state index in [1.807, 2.05) is 24.4 Å². The molecular formula is C13H12FNO2S. The Morgan fingerprint density at radius 2 is 2.22 bits per heavy atom. The van der Waals surface area contributed by atoms with Crippen molar-refractivity contribution in [1.29, 1.82) is 0 Å². The summed E-state index contributed by atoms with van der Waals surface area (Å²) in [5, 5.41) is 13.8. The number of aromatic carboxylic acids is 1. The highest BCUT2D eigenvalue weighted by atomic mass is 32.1. The molecule has 0 amide bonds. The lowest BCUT2D eigenvalue weighted by Crippen LogP contribution is -2.08. The number of rotatable bonds is 4. The molecule has 2 N–H and O–H groups in total. The van der Waals surface area contributed by atoms with Crippen molar-refractivity contribution >= 4 is 23.0 Å². The van der Waals surface area contributed by atoms with Crippen LogP contribution in [-0.2, 0) is 0 Å². The van der Waals surface area contributed by atoms with Gasteiger partial charge in [0, 0.05) is 4.88 Å². The van der Waals surface area contributed by atoms with E-state index in [0.717, 1.165) is 10.9 Å². The number of anilines is 1. The average molecular weight is 265 g/mol. The minimum atomic E-state index is -1.07. The van der Waals surface area contributed by atoms with Gasteiger partial charge in [-0.05, 0) is 36.6 Å². The molecule has 0 spiro atoms. The van der Waals surface area contributed by atoms with Crippen LogP contribution < -0.4 is 5.32 Å². The van der Waals surface area contributed by atoms with Gasteiger partial charge in [0.25, 0.3) is 0 Å². The third kappa shape index (κ3) is 2.68. The third-order valence-corrected chi connectivity index (χ3v) is 3.61. The predicted octanol–water partition coefficient (Wildman–Crippen LogP) is 3.76. The molecule has 1 aromatic carbocycles. The van der Waals surface area contributed by atoms with Crippen LogP contribution in [0.1, 0.15) is 28.2 Å². The molecule has 0 aliphatic rings. The topological polar surface area (TPSA) is 49.3 Å². The van der Waals surface area contributed by atoms with Crippen molar-refractivity contribution in [2.45, 2.75) is 13.0 Å². The monoisotopic (exact) mass is 265 g/mol. The first kappa shape index (κ1) is 12.6. The first-order valence-electron chi connectivity index (χ1n) is 5.40. The largest absolute Gasteiger partial charge is 0.478 e. The van der Waals surface area contributed by atoms with Gasteiger partial charge in [-0.2, -0.15) is 0 Å². The normalized spacial score (nSPS) is 12.1. The molecule has 0 fully saturated rings. The zero-order chi connectivity index (χ0) is 13.1. The van der Waals surface area contributed by atoms with Gasteiger partial charge in [0.1, 0.15) is 5.82 Å². The smallest absolute Gasteiger partial charge is 0.335 e. The van der Waals surface area contributed by atoms with E-state index in [1.54, 1.807) is 11.3 Å². The number of hydrogen-bond acceptors (Lipinski definition) is 3. The van der Waals surface area contributed by atoms with Gasteiger partial charge < -0.3 is 10.4 Å². The summed E-state index contributed by atoms with van der Waals surface area (Å²) in [7, 11) is 0. The second kappa shape index (κ2) is 5.18. The number of benzene rings is 1. The summed E-state index contributed by atoms with van der Waals surface area (Å²) in [4.78, 5) is 11.9. The molecule has 0 saturated carbocycles. The molecular weight excluding hydrogens is 253 g/mol. The summed E-state index contributed by atoms with van der Waals surface area (Å²) < 4.78 is 13.6. The predicted molar refractivity (Wildman–Crippen MR) is 69.7 cm³/mol. The van der Waals surface area contributed by atoms with Crippen LogP contribution in [-0.4, -0.2) is 11.1 Å². The van der Waals surface area contributed by atoms with Gasteiger partial charge in [-0.1, -0.05) is 6.07 Å². The molecule has 94 valence electrons. The Hall–Kier alpha value is -1.88. The molecule has 3 nitrogen and oxygen atoms in total. The van der Waals surface area contributed by atoms with Crippen LogP contribution in [0.4, 0.5) is 10.1 Å². The van der Waals surface area contributed by atoms with Gasteiger partial charge in [0.2, 0.25) is 0 Å². The molecule has 1 unspecified atom stereocenters. The van der Waals surface area contributed by atoms with Crippen LogP contribution >= 0.6 is 11.3 Å². The summed E-state index contributed by atoms with van der Waals surface area (Å²) in [5.41, 5.74) is 0.271. The SMILES string of the molecule is CC(Nc1cc(C(=O)O)ccc1F)c1cccs1. The van der Waals surface area contributed by atoms with Crippen molar-refractivity contribution in [2.75, 3.05) is 5.32 Å². The van der Waals surface area contributed by atoms with Crippen molar-refractivity contribution in [2.24, 2.45) is 0 Å². The Balaban J connectivity index is 2.23. The van der Waals surface area contributed by atoms with E-state index in [9.17, 15) is 9.18 Å². The van der Waals surface area contributed by atoms with Gasteiger partial charge in [-0.15, -0.1) is 11.3 Å². The third-order valence-electron chi connectivity index (χ3n) is 2.56. The highest BCUT2D eigenvalue weighted by Gasteiger charge is 2.12. The molecule has 0 aliphatic heterocycles. The maximum absolute atomic E-state index is 13.6. The number of nitrogens with one attached hydrogen (secondary N) is 1. The van der Waals surface area contributed by atoms with Crippen LogP contribution in [0.25, 0.3) is 0 Å². The van der Waals surface area contributed by atoms with Crippen molar-refractivity contribution in [3.05, 3.63) is 52.0 Å². The summed E-state index contributed by atoms with van der Waals surface area (Å²) in [5.74, 6) is -1.52. The first-order valence-corrected chi connectivity index (χ1v) is 6.28. The molecule has 1 atom stereocenters. The Morgan fingerprint density at radius 1 is 1.44 bits per heavy atom. The minimum Gasteiger partial charge on any atom is -0.478 e. The van der Waals surface area contributed by atoms with Crippen LogP contribution in [0, 0.1) is 5.82 Å². The van der Waals surface area contributed by atoms with Crippen molar-refractivity contribution in [1.82, 2.24) is 0 Å². The number of hydrogen-bond donors (Lipinski definition) is 2. The van der Waals surface area contributed by atoms with E-state index in [-0.39, 0.29) is 17.3 Å². The van der Waals surface area contributed by atoms with Gasteiger partial charge >= 0.3 is 5.97 Å². The lowest BCUT2D eigenvalue weighted by Gasteiger charge is -2.14. The Bertz CT molecular complexity index is 554. The molecule has 0 radical (unpaired) electrons. The molecule has 0 bridgehead atoms. The van der Waals surface area contributed by atoms with Gasteiger partial charge in [0.05, 0.1) is 17.3 Å². The fraction of sp³-hybridized carbons (Fsp3) is 0.154. The van der Waals surface area contributed by atoms with Crippen LogP contribution in [0.5, 0.6) is 0 Å². The van der Waals surface area contributed by atoms with E-state index < -0.39 is 11.8 Å². The first-order chi connectivity index (χ1) is 8.58. The summed E-state index contributed by atoms with van der Waals surface area (Å²) in [6.07, 6.45) is 0. The summed E-state index contributed by atoms with van der Waals surface area (Å²) in [6.45, 7) is 1.90. The Morgan fingerprint density at radius 3 is 2.83 bits per heavy atom. The van der Waals surface area contributed by atoms with Crippen LogP contribution in [0.2, 0.25) is 0 Å². The molecule has 0 saturated heterocycles. The number of halogens is 1. The highest BCUT2D eigenvalue weighted by molar-refractivity contribution is 7.10. The van der Waals surface area contributed by atoms with Crippen molar-refractivity contribution < 1.29 is 14.3 Å². The molecule has 1 aromatic heterocycles. The highest BCUT2D eigenvalue weighted by Crippen LogP contribution is 2.25. The molecule has 2 rings (SSSR count). The second-order valence-corrected chi connectivity index (χ2v) is 4.86. The molecule has 18 heavy (non-hydrogen) atoms. The zero-order valence-corrected chi connectivity index (χ0v) is 10.5. The van der Waals surface area contributed by atoms with Gasteiger partial charge in [-0.25, -0.2) is 9.18 Å². The lowest BCUT2D eigenvalue weighted by molar-refractivity contribution is 0.0697. The van der Waals surface area contributed by atoms with E-state index in [1.165, 1.54) is 12.1 Å². The number of carboxylic acids is 1. The van der Waals surface area contributed by atoms with Crippen LogP contribution in [0.15, 0.2) is 35.7 Å². The Labute approximate surface area is 108 Å². The van der Waals surface area contributed by atoms with Crippen molar-refractivity contribution in [3.8, 4) is 0 Å². The van der Waals surface area contributed by atoms with E-state index >= 15 is 0 Å². The number of thiophene rings is 1. The lowest BCUT2D eigenvalue weighted by atomic mass is 10.1. The fourth-order valence-corrected chi connectivity index (χ4v) is 2.35.